The minimum atomic E-state index is -0.336. The van der Waals surface area contributed by atoms with Gasteiger partial charge in [0.1, 0.15) is 23.2 Å². The molecule has 1 aliphatic heterocycles. The van der Waals surface area contributed by atoms with Crippen LogP contribution >= 0.6 is 11.3 Å². The Labute approximate surface area is 160 Å². The lowest BCUT2D eigenvalue weighted by molar-refractivity contribution is -0.135. The van der Waals surface area contributed by atoms with Gasteiger partial charge in [0.2, 0.25) is 0 Å². The molecular formula is C20H19FN2O3S. The molecule has 27 heavy (non-hydrogen) atoms. The fraction of sp³-hybridized carbons (Fsp3) is 0.300. The van der Waals surface area contributed by atoms with Gasteiger partial charge in [-0.25, -0.2) is 4.39 Å². The number of benzene rings is 2. The van der Waals surface area contributed by atoms with Gasteiger partial charge in [-0.1, -0.05) is 35.6 Å². The predicted molar refractivity (Wildman–Crippen MR) is 102 cm³/mol. The highest BCUT2D eigenvalue weighted by atomic mass is 32.1. The molecule has 1 amide bonds. The second-order valence-corrected chi connectivity index (χ2v) is 7.36. The SMILES string of the molecule is O=C(COc1ccccc1)N1CCC(Oc2nc3c(F)cccc3s2)CC1. The average molecular weight is 386 g/mol. The number of carbonyl (C=O) groups excluding carboxylic acids is 1. The van der Waals surface area contributed by atoms with Gasteiger partial charge in [-0.2, -0.15) is 4.98 Å². The molecule has 3 aromatic rings. The number of ether oxygens (including phenoxy) is 2. The van der Waals surface area contributed by atoms with Crippen LogP contribution in [0, 0.1) is 5.82 Å². The number of carbonyl (C=O) groups is 1. The summed E-state index contributed by atoms with van der Waals surface area (Å²) < 4.78 is 26.0. The molecule has 1 aromatic heterocycles. The fourth-order valence-electron chi connectivity index (χ4n) is 3.06. The number of amides is 1. The van der Waals surface area contributed by atoms with Gasteiger partial charge in [-0.15, -0.1) is 0 Å². The van der Waals surface area contributed by atoms with E-state index in [4.69, 9.17) is 9.47 Å². The summed E-state index contributed by atoms with van der Waals surface area (Å²) in [6.45, 7) is 1.26. The second-order valence-electron chi connectivity index (χ2n) is 6.37. The van der Waals surface area contributed by atoms with Crippen molar-refractivity contribution >= 4 is 27.5 Å². The van der Waals surface area contributed by atoms with Crippen LogP contribution < -0.4 is 9.47 Å². The zero-order valence-corrected chi connectivity index (χ0v) is 15.5. The maximum atomic E-state index is 13.7. The first-order chi connectivity index (χ1) is 13.2. The summed E-state index contributed by atoms with van der Waals surface area (Å²) in [6.07, 6.45) is 1.41. The summed E-state index contributed by atoms with van der Waals surface area (Å²) in [5.41, 5.74) is 0.350. The Bertz CT molecular complexity index is 923. The van der Waals surface area contributed by atoms with Crippen LogP contribution in [-0.4, -0.2) is 41.6 Å². The van der Waals surface area contributed by atoms with Crippen LogP contribution in [0.1, 0.15) is 12.8 Å². The number of nitrogens with zero attached hydrogens (tertiary/aromatic N) is 2. The third-order valence-electron chi connectivity index (χ3n) is 4.52. The van der Waals surface area contributed by atoms with Crippen LogP contribution in [0.15, 0.2) is 48.5 Å². The van der Waals surface area contributed by atoms with Gasteiger partial charge < -0.3 is 14.4 Å². The van der Waals surface area contributed by atoms with Gasteiger partial charge in [0, 0.05) is 25.9 Å². The quantitative estimate of drug-likeness (QED) is 0.668. The van der Waals surface area contributed by atoms with Crippen molar-refractivity contribution in [3.05, 3.63) is 54.3 Å². The van der Waals surface area contributed by atoms with E-state index in [0.29, 0.717) is 29.5 Å². The van der Waals surface area contributed by atoms with Crippen LogP contribution in [0.25, 0.3) is 10.2 Å². The van der Waals surface area contributed by atoms with E-state index in [1.807, 2.05) is 36.4 Å². The molecule has 1 fully saturated rings. The number of para-hydroxylation sites is 2. The molecule has 140 valence electrons. The maximum Gasteiger partial charge on any atom is 0.274 e. The largest absolute Gasteiger partial charge is 0.484 e. The molecule has 2 heterocycles. The van der Waals surface area contributed by atoms with Crippen molar-refractivity contribution in [1.29, 1.82) is 0 Å². The van der Waals surface area contributed by atoms with Gasteiger partial charge in [0.05, 0.1) is 4.70 Å². The lowest BCUT2D eigenvalue weighted by atomic mass is 10.1. The van der Waals surface area contributed by atoms with Gasteiger partial charge >= 0.3 is 0 Å². The van der Waals surface area contributed by atoms with E-state index in [2.05, 4.69) is 4.98 Å². The first kappa shape index (κ1) is 17.7. The number of hydrogen-bond donors (Lipinski definition) is 0. The lowest BCUT2D eigenvalue weighted by Crippen LogP contribution is -2.43. The molecule has 0 radical (unpaired) electrons. The average Bonchev–Trinajstić information content (AvgIpc) is 3.11. The van der Waals surface area contributed by atoms with Crippen LogP contribution in [-0.2, 0) is 4.79 Å². The molecule has 1 saturated heterocycles. The molecule has 5 nitrogen and oxygen atoms in total. The van der Waals surface area contributed by atoms with E-state index in [9.17, 15) is 9.18 Å². The second kappa shape index (κ2) is 7.92. The minimum Gasteiger partial charge on any atom is -0.484 e. The molecule has 0 atom stereocenters. The van der Waals surface area contributed by atoms with Crippen molar-refractivity contribution in [1.82, 2.24) is 9.88 Å². The van der Waals surface area contributed by atoms with Crippen molar-refractivity contribution in [3.8, 4) is 10.9 Å². The zero-order valence-electron chi connectivity index (χ0n) is 14.6. The molecule has 0 N–H and O–H groups in total. The van der Waals surface area contributed by atoms with Gasteiger partial charge in [-0.05, 0) is 24.3 Å². The molecular weight excluding hydrogens is 367 g/mol. The number of hydrogen-bond acceptors (Lipinski definition) is 5. The number of piperidine rings is 1. The van der Waals surface area contributed by atoms with E-state index in [-0.39, 0.29) is 24.4 Å². The molecule has 4 rings (SSSR count). The Morgan fingerprint density at radius 2 is 1.93 bits per heavy atom. The van der Waals surface area contributed by atoms with E-state index < -0.39 is 0 Å². The number of fused-ring (bicyclic) bond motifs is 1. The first-order valence-corrected chi connectivity index (χ1v) is 9.68. The maximum absolute atomic E-state index is 13.7. The smallest absolute Gasteiger partial charge is 0.274 e. The highest BCUT2D eigenvalue weighted by molar-refractivity contribution is 7.20. The Balaban J connectivity index is 1.28. The van der Waals surface area contributed by atoms with Gasteiger partial charge in [0.15, 0.2) is 6.61 Å². The van der Waals surface area contributed by atoms with Crippen molar-refractivity contribution in [3.63, 3.8) is 0 Å². The minimum absolute atomic E-state index is 0.0206. The first-order valence-electron chi connectivity index (χ1n) is 8.86. The summed E-state index contributed by atoms with van der Waals surface area (Å²) in [7, 11) is 0. The topological polar surface area (TPSA) is 51.7 Å². The molecule has 0 bridgehead atoms. The Kier molecular flexibility index (Phi) is 5.20. The molecule has 2 aromatic carbocycles. The molecule has 0 spiro atoms. The normalized spacial score (nSPS) is 15.1. The lowest BCUT2D eigenvalue weighted by Gasteiger charge is -2.31. The van der Waals surface area contributed by atoms with Crippen molar-refractivity contribution in [2.75, 3.05) is 19.7 Å². The summed E-state index contributed by atoms with van der Waals surface area (Å²) >= 11 is 1.34. The third-order valence-corrected chi connectivity index (χ3v) is 5.43. The molecule has 1 aliphatic rings. The fourth-order valence-corrected chi connectivity index (χ4v) is 3.96. The van der Waals surface area contributed by atoms with E-state index >= 15 is 0 Å². The van der Waals surface area contributed by atoms with Crippen molar-refractivity contribution < 1.29 is 18.7 Å². The summed E-state index contributed by atoms with van der Waals surface area (Å²) in [5, 5.41) is 0.479. The van der Waals surface area contributed by atoms with Crippen LogP contribution in [0.3, 0.4) is 0 Å². The standard InChI is InChI=1S/C20H19FN2O3S/c21-16-7-4-8-17-19(16)22-20(27-17)26-15-9-11-23(12-10-15)18(24)13-25-14-5-2-1-3-6-14/h1-8,15H,9-13H2. The van der Waals surface area contributed by atoms with Crippen LogP contribution in [0.4, 0.5) is 4.39 Å². The highest BCUT2D eigenvalue weighted by Crippen LogP contribution is 2.31. The van der Waals surface area contributed by atoms with Crippen molar-refractivity contribution in [2.45, 2.75) is 18.9 Å². The number of thiazole rings is 1. The summed E-state index contributed by atoms with van der Waals surface area (Å²) in [4.78, 5) is 18.3. The van der Waals surface area contributed by atoms with Gasteiger partial charge in [0.25, 0.3) is 11.1 Å². The van der Waals surface area contributed by atoms with Crippen LogP contribution in [0.5, 0.6) is 10.9 Å². The molecule has 0 aliphatic carbocycles. The van der Waals surface area contributed by atoms with E-state index in [1.54, 1.807) is 11.0 Å². The van der Waals surface area contributed by atoms with Crippen molar-refractivity contribution in [2.24, 2.45) is 0 Å². The van der Waals surface area contributed by atoms with E-state index in [0.717, 1.165) is 17.5 Å². The number of aromatic nitrogens is 1. The Morgan fingerprint density at radius 1 is 1.15 bits per heavy atom. The summed E-state index contributed by atoms with van der Waals surface area (Å²) in [6, 6.07) is 14.2. The number of halogens is 1. The predicted octanol–water partition coefficient (Wildman–Crippen LogP) is 3.88. The third kappa shape index (κ3) is 4.19. The summed E-state index contributed by atoms with van der Waals surface area (Å²) in [5.74, 6) is 0.323. The van der Waals surface area contributed by atoms with Crippen LogP contribution in [0.2, 0.25) is 0 Å². The Hall–Kier alpha value is -2.67. The number of rotatable bonds is 5. The van der Waals surface area contributed by atoms with Gasteiger partial charge in [-0.3, -0.25) is 4.79 Å². The highest BCUT2D eigenvalue weighted by Gasteiger charge is 2.25. The molecule has 7 heteroatoms. The number of likely N-dealkylation sites (tertiary alicyclic amines) is 1. The molecule has 0 saturated carbocycles. The van der Waals surface area contributed by atoms with E-state index in [1.165, 1.54) is 17.4 Å². The Morgan fingerprint density at radius 3 is 2.67 bits per heavy atom. The monoisotopic (exact) mass is 386 g/mol. The molecule has 0 unspecified atom stereocenters. The zero-order chi connectivity index (χ0) is 18.6.